The van der Waals surface area contributed by atoms with E-state index in [1.165, 1.54) is 0 Å². The van der Waals surface area contributed by atoms with Gasteiger partial charge in [-0.2, -0.15) is 19.6 Å². The first kappa shape index (κ1) is 24.5. The summed E-state index contributed by atoms with van der Waals surface area (Å²) in [6.45, 7) is 8.41. The number of likely N-dealkylation sites (tertiary alicyclic amines) is 2. The molecule has 2 saturated heterocycles. The topological polar surface area (TPSA) is 99.9 Å². The van der Waals surface area contributed by atoms with E-state index < -0.39 is 0 Å². The summed E-state index contributed by atoms with van der Waals surface area (Å²) in [7, 11) is 4.16. The molecule has 4 heterocycles. The second-order valence-corrected chi connectivity index (χ2v) is 10.4. The van der Waals surface area contributed by atoms with Gasteiger partial charge in [0.2, 0.25) is 11.9 Å². The smallest absolute Gasteiger partial charge is 0.322 e. The summed E-state index contributed by atoms with van der Waals surface area (Å²) in [5.74, 6) is 0.993. The number of anilines is 2. The second kappa shape index (κ2) is 10.4. The Morgan fingerprint density at radius 1 is 1.14 bits per heavy atom. The maximum atomic E-state index is 12.5. The number of amides is 1. The number of rotatable bonds is 8. The summed E-state index contributed by atoms with van der Waals surface area (Å²) in [6, 6.07) is 8.27. The van der Waals surface area contributed by atoms with Crippen molar-refractivity contribution in [3.8, 4) is 6.01 Å². The summed E-state index contributed by atoms with van der Waals surface area (Å²) < 4.78 is 7.98. The Hall–Kier alpha value is -3.24. The van der Waals surface area contributed by atoms with Gasteiger partial charge in [-0.15, -0.1) is 0 Å². The first-order valence-electron chi connectivity index (χ1n) is 12.8. The van der Waals surface area contributed by atoms with Crippen molar-refractivity contribution in [3.05, 3.63) is 41.6 Å². The lowest BCUT2D eigenvalue weighted by atomic mass is 10.0. The first-order chi connectivity index (χ1) is 17.4. The van der Waals surface area contributed by atoms with E-state index in [9.17, 15) is 4.79 Å². The molecule has 0 spiro atoms. The van der Waals surface area contributed by atoms with Gasteiger partial charge in [0.05, 0.1) is 12.1 Å². The fraction of sp³-hybridized carbons (Fsp3) is 0.538. The lowest BCUT2D eigenvalue weighted by Gasteiger charge is -2.34. The van der Waals surface area contributed by atoms with Crippen LogP contribution in [0.15, 0.2) is 30.5 Å². The summed E-state index contributed by atoms with van der Waals surface area (Å²) in [4.78, 5) is 26.3. The van der Waals surface area contributed by atoms with Crippen LogP contribution in [0.25, 0.3) is 5.65 Å². The standard InChI is InChI=1S/C26H36N8O2/c1-17(2)22-14-28-34-23(22)30-26(36-21-8-10-32(3)11-9-21)31-25(34)27-13-18-6-5-7-20(12-18)29-24(35)19-15-33(4)16-19/h5-7,12,14,17,19,21H,8-11,13,15-16H2,1-4H3,(H,29,35)(H,27,30,31). The predicted octanol–water partition coefficient (Wildman–Crippen LogP) is 2.83. The summed E-state index contributed by atoms with van der Waals surface area (Å²) in [5.41, 5.74) is 3.64. The molecule has 2 N–H and O–H groups in total. The van der Waals surface area contributed by atoms with Gasteiger partial charge in [-0.1, -0.05) is 26.0 Å². The van der Waals surface area contributed by atoms with Crippen LogP contribution in [0.1, 0.15) is 43.7 Å². The number of nitrogens with one attached hydrogen (secondary N) is 2. The fourth-order valence-electron chi connectivity index (χ4n) is 4.75. The summed E-state index contributed by atoms with van der Waals surface area (Å²) >= 11 is 0. The van der Waals surface area contributed by atoms with Gasteiger partial charge in [-0.05, 0) is 50.6 Å². The Morgan fingerprint density at radius 2 is 1.92 bits per heavy atom. The van der Waals surface area contributed by atoms with Crippen LogP contribution in [0.4, 0.5) is 11.6 Å². The SMILES string of the molecule is CC(C)c1cnn2c(NCc3cccc(NC(=O)C4CN(C)C4)c3)nc(OC3CCN(C)CC3)nc12. The van der Waals surface area contributed by atoms with Crippen LogP contribution in [0, 0.1) is 5.92 Å². The van der Waals surface area contributed by atoms with Crippen molar-refractivity contribution < 1.29 is 9.53 Å². The molecule has 1 amide bonds. The van der Waals surface area contributed by atoms with Gasteiger partial charge in [0.25, 0.3) is 0 Å². The highest BCUT2D eigenvalue weighted by Crippen LogP contribution is 2.25. The molecule has 10 heteroatoms. The Kier molecular flexibility index (Phi) is 7.06. The predicted molar refractivity (Wildman–Crippen MR) is 139 cm³/mol. The van der Waals surface area contributed by atoms with E-state index in [2.05, 4.69) is 51.4 Å². The molecule has 0 saturated carbocycles. The lowest BCUT2D eigenvalue weighted by Crippen LogP contribution is -2.49. The number of carbonyl (C=O) groups excluding carboxylic acids is 1. The Morgan fingerprint density at radius 3 is 2.64 bits per heavy atom. The molecule has 36 heavy (non-hydrogen) atoms. The zero-order chi connectivity index (χ0) is 25.2. The average molecular weight is 493 g/mol. The number of carbonyl (C=O) groups is 1. The number of nitrogens with zero attached hydrogens (tertiary/aromatic N) is 6. The monoisotopic (exact) mass is 492 g/mol. The van der Waals surface area contributed by atoms with E-state index in [1.807, 2.05) is 37.5 Å². The lowest BCUT2D eigenvalue weighted by molar-refractivity contribution is -0.124. The van der Waals surface area contributed by atoms with Gasteiger partial charge in [0.1, 0.15) is 6.10 Å². The van der Waals surface area contributed by atoms with Crippen LogP contribution < -0.4 is 15.4 Å². The number of piperidine rings is 1. The third-order valence-electron chi connectivity index (χ3n) is 7.01. The van der Waals surface area contributed by atoms with Crippen LogP contribution in [0.3, 0.4) is 0 Å². The molecule has 2 aromatic heterocycles. The van der Waals surface area contributed by atoms with Crippen LogP contribution in [0.5, 0.6) is 6.01 Å². The van der Waals surface area contributed by atoms with Crippen molar-refractivity contribution >= 4 is 23.2 Å². The number of benzene rings is 1. The molecule has 0 unspecified atom stereocenters. The van der Waals surface area contributed by atoms with Crippen molar-refractivity contribution in [2.75, 3.05) is 50.9 Å². The summed E-state index contributed by atoms with van der Waals surface area (Å²) in [5, 5.41) is 11.0. The third-order valence-corrected chi connectivity index (χ3v) is 7.01. The highest BCUT2D eigenvalue weighted by Gasteiger charge is 2.29. The maximum Gasteiger partial charge on any atom is 0.322 e. The van der Waals surface area contributed by atoms with Gasteiger partial charge < -0.3 is 25.2 Å². The van der Waals surface area contributed by atoms with Crippen molar-refractivity contribution in [3.63, 3.8) is 0 Å². The van der Waals surface area contributed by atoms with Gasteiger partial charge in [-0.3, -0.25) is 4.79 Å². The van der Waals surface area contributed by atoms with Crippen LogP contribution in [-0.2, 0) is 11.3 Å². The van der Waals surface area contributed by atoms with E-state index in [0.29, 0.717) is 18.5 Å². The molecule has 0 aliphatic carbocycles. The molecule has 192 valence electrons. The molecule has 1 aromatic carbocycles. The zero-order valence-corrected chi connectivity index (χ0v) is 21.6. The van der Waals surface area contributed by atoms with Gasteiger partial charge in [0, 0.05) is 44.0 Å². The normalized spacial score (nSPS) is 17.9. The molecule has 0 bridgehead atoms. The minimum absolute atomic E-state index is 0.0593. The molecule has 2 aliphatic rings. The van der Waals surface area contributed by atoms with Crippen molar-refractivity contribution in [1.82, 2.24) is 29.4 Å². The molecule has 5 rings (SSSR count). The molecule has 0 atom stereocenters. The quantitative estimate of drug-likeness (QED) is 0.495. The van der Waals surface area contributed by atoms with Crippen LogP contribution >= 0.6 is 0 Å². The Labute approximate surface area is 212 Å². The highest BCUT2D eigenvalue weighted by atomic mass is 16.5. The van der Waals surface area contributed by atoms with Crippen molar-refractivity contribution in [2.24, 2.45) is 5.92 Å². The van der Waals surface area contributed by atoms with E-state index in [4.69, 9.17) is 9.72 Å². The number of aromatic nitrogens is 4. The van der Waals surface area contributed by atoms with Gasteiger partial charge in [-0.25, -0.2) is 0 Å². The molecular weight excluding hydrogens is 456 g/mol. The van der Waals surface area contributed by atoms with Gasteiger partial charge in [0.15, 0.2) is 5.65 Å². The number of hydrogen-bond donors (Lipinski definition) is 2. The minimum Gasteiger partial charge on any atom is -0.460 e. The molecule has 2 fully saturated rings. The Bertz CT molecular complexity index is 1210. The minimum atomic E-state index is 0.0593. The molecule has 10 nitrogen and oxygen atoms in total. The molecular formula is C26H36N8O2. The fourth-order valence-corrected chi connectivity index (χ4v) is 4.75. The number of fused-ring (bicyclic) bond motifs is 1. The van der Waals surface area contributed by atoms with E-state index in [1.54, 1.807) is 4.52 Å². The zero-order valence-electron chi connectivity index (χ0n) is 21.6. The molecule has 2 aliphatic heterocycles. The summed E-state index contributed by atoms with van der Waals surface area (Å²) in [6.07, 6.45) is 3.88. The highest BCUT2D eigenvalue weighted by molar-refractivity contribution is 5.93. The second-order valence-electron chi connectivity index (χ2n) is 10.4. The molecule has 0 radical (unpaired) electrons. The average Bonchev–Trinajstić information content (AvgIpc) is 3.27. The third kappa shape index (κ3) is 5.44. The molecule has 3 aromatic rings. The largest absolute Gasteiger partial charge is 0.460 e. The number of hydrogen-bond acceptors (Lipinski definition) is 8. The van der Waals surface area contributed by atoms with Gasteiger partial charge >= 0.3 is 6.01 Å². The van der Waals surface area contributed by atoms with Crippen LogP contribution in [-0.4, -0.2) is 81.7 Å². The Balaban J connectivity index is 1.32. The van der Waals surface area contributed by atoms with Crippen molar-refractivity contribution in [2.45, 2.75) is 45.3 Å². The van der Waals surface area contributed by atoms with Crippen LogP contribution in [0.2, 0.25) is 0 Å². The van der Waals surface area contributed by atoms with E-state index >= 15 is 0 Å². The van der Waals surface area contributed by atoms with E-state index in [0.717, 1.165) is 61.5 Å². The maximum absolute atomic E-state index is 12.5. The number of ether oxygens (including phenoxy) is 1. The first-order valence-corrected chi connectivity index (χ1v) is 12.8. The van der Waals surface area contributed by atoms with Crippen molar-refractivity contribution in [1.29, 1.82) is 0 Å². The van der Waals surface area contributed by atoms with E-state index in [-0.39, 0.29) is 23.8 Å².